The molecule has 1 atom stereocenters. The van der Waals surface area contributed by atoms with Crippen LogP contribution in [-0.2, 0) is 22.4 Å². The molecule has 1 aliphatic rings. The lowest BCUT2D eigenvalue weighted by Gasteiger charge is -2.16. The van der Waals surface area contributed by atoms with Crippen LogP contribution in [0.15, 0.2) is 53.4 Å². The van der Waals surface area contributed by atoms with E-state index in [9.17, 15) is 14.4 Å². The van der Waals surface area contributed by atoms with Crippen LogP contribution >= 0.6 is 23.1 Å². The highest BCUT2D eigenvalue weighted by atomic mass is 32.2. The molecule has 2 amide bonds. The van der Waals surface area contributed by atoms with Crippen molar-refractivity contribution in [1.29, 1.82) is 0 Å². The molecule has 37 heavy (non-hydrogen) atoms. The number of hydrogen-bond acceptors (Lipinski definition) is 7. The van der Waals surface area contributed by atoms with Crippen LogP contribution in [-0.4, -0.2) is 37.3 Å². The minimum atomic E-state index is -0.407. The zero-order valence-corrected chi connectivity index (χ0v) is 22.7. The molecule has 2 N–H and O–H groups in total. The number of anilines is 2. The molecule has 1 aliphatic carbocycles. The van der Waals surface area contributed by atoms with Gasteiger partial charge in [-0.2, -0.15) is 0 Å². The number of ether oxygens (including phenoxy) is 2. The zero-order valence-electron chi connectivity index (χ0n) is 21.1. The number of hydrogen-bond donors (Lipinski definition) is 2. The smallest absolute Gasteiger partial charge is 0.341 e. The van der Waals surface area contributed by atoms with E-state index in [0.29, 0.717) is 34.0 Å². The molecule has 1 unspecified atom stereocenters. The summed E-state index contributed by atoms with van der Waals surface area (Å²) >= 11 is 2.90. The molecule has 3 aromatic rings. The fraction of sp³-hybridized carbons (Fsp3) is 0.321. The van der Waals surface area contributed by atoms with Gasteiger partial charge in [0.05, 0.1) is 25.0 Å². The Bertz CT molecular complexity index is 1290. The minimum absolute atomic E-state index is 0.163. The number of amides is 2. The maximum atomic E-state index is 13.3. The second kappa shape index (κ2) is 12.3. The fourth-order valence-electron chi connectivity index (χ4n) is 4.24. The second-order valence-electron chi connectivity index (χ2n) is 8.62. The maximum Gasteiger partial charge on any atom is 0.341 e. The van der Waals surface area contributed by atoms with E-state index < -0.39 is 5.97 Å². The standard InChI is InChI=1S/C28H30N2O5S2/c1-4-22(26(32)30-27-24(28(33)35-3)21-10-5-6-11-23(21)37-27)36-20-9-7-8-18(16-20)29-25(31)17-12-14-19(34-2)15-13-17/h7-9,12-16,22H,4-6,10-11H2,1-3H3,(H,29,31)(H,30,32). The van der Waals surface area contributed by atoms with Crippen LogP contribution < -0.4 is 15.4 Å². The summed E-state index contributed by atoms with van der Waals surface area (Å²) in [5.74, 6) is -0.119. The van der Waals surface area contributed by atoms with E-state index in [2.05, 4.69) is 10.6 Å². The summed E-state index contributed by atoms with van der Waals surface area (Å²) in [7, 11) is 2.94. The van der Waals surface area contributed by atoms with E-state index >= 15 is 0 Å². The minimum Gasteiger partial charge on any atom is -0.497 e. The fourth-order valence-corrected chi connectivity index (χ4v) is 6.54. The molecule has 1 heterocycles. The number of thiophene rings is 1. The van der Waals surface area contributed by atoms with Crippen molar-refractivity contribution in [3.8, 4) is 5.75 Å². The van der Waals surface area contributed by atoms with Crippen molar-refractivity contribution in [2.75, 3.05) is 24.9 Å². The van der Waals surface area contributed by atoms with E-state index in [-0.39, 0.29) is 17.1 Å². The topological polar surface area (TPSA) is 93.7 Å². The van der Waals surface area contributed by atoms with Gasteiger partial charge in [0.15, 0.2) is 0 Å². The monoisotopic (exact) mass is 538 g/mol. The Morgan fingerprint density at radius 3 is 2.49 bits per heavy atom. The van der Waals surface area contributed by atoms with Gasteiger partial charge >= 0.3 is 5.97 Å². The van der Waals surface area contributed by atoms with Gasteiger partial charge < -0.3 is 20.1 Å². The van der Waals surface area contributed by atoms with Crippen LogP contribution in [0.25, 0.3) is 0 Å². The van der Waals surface area contributed by atoms with E-state index in [0.717, 1.165) is 41.0 Å². The normalized spacial score (nSPS) is 13.3. The first-order valence-electron chi connectivity index (χ1n) is 12.2. The lowest BCUT2D eigenvalue weighted by atomic mass is 9.95. The number of thioether (sulfide) groups is 1. The van der Waals surface area contributed by atoms with Gasteiger partial charge in [-0.3, -0.25) is 9.59 Å². The van der Waals surface area contributed by atoms with Crippen LogP contribution in [0.1, 0.15) is 57.3 Å². The van der Waals surface area contributed by atoms with Crippen molar-refractivity contribution in [2.24, 2.45) is 0 Å². The van der Waals surface area contributed by atoms with E-state index in [1.54, 1.807) is 31.4 Å². The Morgan fingerprint density at radius 1 is 1.03 bits per heavy atom. The summed E-state index contributed by atoms with van der Waals surface area (Å²) in [5.41, 5.74) is 2.67. The molecule has 2 aromatic carbocycles. The van der Waals surface area contributed by atoms with Gasteiger partial charge in [0, 0.05) is 21.0 Å². The Morgan fingerprint density at radius 2 is 1.78 bits per heavy atom. The maximum absolute atomic E-state index is 13.3. The van der Waals surface area contributed by atoms with Gasteiger partial charge in [-0.25, -0.2) is 4.79 Å². The molecule has 1 aromatic heterocycles. The highest BCUT2D eigenvalue weighted by Gasteiger charge is 2.28. The first kappa shape index (κ1) is 26.8. The van der Waals surface area contributed by atoms with Gasteiger partial charge in [-0.15, -0.1) is 23.1 Å². The van der Waals surface area contributed by atoms with Crippen LogP contribution in [0.3, 0.4) is 0 Å². The number of carbonyl (C=O) groups is 3. The third-order valence-electron chi connectivity index (χ3n) is 6.18. The number of fused-ring (bicyclic) bond motifs is 1. The predicted octanol–water partition coefficient (Wildman–Crippen LogP) is 6.18. The van der Waals surface area contributed by atoms with E-state index in [1.165, 1.54) is 30.2 Å². The van der Waals surface area contributed by atoms with Gasteiger partial charge in [-0.1, -0.05) is 13.0 Å². The Kier molecular flexibility index (Phi) is 8.89. The molecule has 7 nitrogen and oxygen atoms in total. The molecule has 0 aliphatic heterocycles. The molecule has 194 valence electrons. The first-order valence-corrected chi connectivity index (χ1v) is 13.9. The molecule has 0 saturated heterocycles. The molecule has 0 radical (unpaired) electrons. The van der Waals surface area contributed by atoms with Crippen molar-refractivity contribution in [3.05, 3.63) is 70.1 Å². The molecule has 0 saturated carbocycles. The third kappa shape index (κ3) is 6.34. The largest absolute Gasteiger partial charge is 0.497 e. The first-order chi connectivity index (χ1) is 17.9. The summed E-state index contributed by atoms with van der Waals surface area (Å²) < 4.78 is 10.2. The van der Waals surface area contributed by atoms with Gasteiger partial charge in [0.1, 0.15) is 10.8 Å². The zero-order chi connectivity index (χ0) is 26.4. The molecule has 0 fully saturated rings. The van der Waals surface area contributed by atoms with Gasteiger partial charge in [0.2, 0.25) is 5.91 Å². The van der Waals surface area contributed by atoms with Crippen molar-refractivity contribution in [3.63, 3.8) is 0 Å². The number of esters is 1. The van der Waals surface area contributed by atoms with E-state index in [1.807, 2.05) is 31.2 Å². The quantitative estimate of drug-likeness (QED) is 0.249. The number of aryl methyl sites for hydroxylation is 1. The summed E-state index contributed by atoms with van der Waals surface area (Å²) in [6, 6.07) is 14.3. The second-order valence-corrected chi connectivity index (χ2v) is 11.0. The molecule has 4 rings (SSSR count). The number of nitrogens with one attached hydrogen (secondary N) is 2. The predicted molar refractivity (Wildman–Crippen MR) is 148 cm³/mol. The highest BCUT2D eigenvalue weighted by molar-refractivity contribution is 8.00. The average molecular weight is 539 g/mol. The van der Waals surface area contributed by atoms with Crippen molar-refractivity contribution in [1.82, 2.24) is 0 Å². The van der Waals surface area contributed by atoms with Gasteiger partial charge in [-0.05, 0) is 80.1 Å². The Hall–Kier alpha value is -3.30. The summed E-state index contributed by atoms with van der Waals surface area (Å²) in [5, 5.41) is 6.11. The Balaban J connectivity index is 1.45. The number of benzene rings is 2. The third-order valence-corrected chi connectivity index (χ3v) is 8.75. The molecular weight excluding hydrogens is 508 g/mol. The summed E-state index contributed by atoms with van der Waals surface area (Å²) in [6.07, 6.45) is 4.45. The van der Waals surface area contributed by atoms with Crippen molar-refractivity contribution >= 4 is 51.6 Å². The van der Waals surface area contributed by atoms with Crippen molar-refractivity contribution < 1.29 is 23.9 Å². The van der Waals surface area contributed by atoms with Crippen molar-refractivity contribution in [2.45, 2.75) is 49.2 Å². The lowest BCUT2D eigenvalue weighted by molar-refractivity contribution is -0.115. The molecule has 9 heteroatoms. The lowest BCUT2D eigenvalue weighted by Crippen LogP contribution is -2.25. The van der Waals surface area contributed by atoms with Crippen LogP contribution in [0.5, 0.6) is 5.75 Å². The van der Waals surface area contributed by atoms with Crippen LogP contribution in [0.2, 0.25) is 0 Å². The molecular formula is C28H30N2O5S2. The number of carbonyl (C=O) groups excluding carboxylic acids is 3. The molecule has 0 spiro atoms. The number of methoxy groups -OCH3 is 2. The van der Waals surface area contributed by atoms with Crippen LogP contribution in [0, 0.1) is 0 Å². The average Bonchev–Trinajstić information content (AvgIpc) is 3.29. The summed E-state index contributed by atoms with van der Waals surface area (Å²) in [4.78, 5) is 40.5. The van der Waals surface area contributed by atoms with Gasteiger partial charge in [0.25, 0.3) is 5.91 Å². The summed E-state index contributed by atoms with van der Waals surface area (Å²) in [6.45, 7) is 1.95. The number of rotatable bonds is 9. The Labute approximate surface area is 224 Å². The molecule has 0 bridgehead atoms. The van der Waals surface area contributed by atoms with Crippen LogP contribution in [0.4, 0.5) is 10.7 Å². The van der Waals surface area contributed by atoms with E-state index in [4.69, 9.17) is 9.47 Å². The SMILES string of the molecule is CCC(Sc1cccc(NC(=O)c2ccc(OC)cc2)c1)C(=O)Nc1sc2c(c1C(=O)OC)CCCC2. The highest BCUT2D eigenvalue weighted by Crippen LogP contribution is 2.39.